The predicted molar refractivity (Wildman–Crippen MR) is 131 cm³/mol. The summed E-state index contributed by atoms with van der Waals surface area (Å²) in [5.74, 6) is 0.0981. The summed E-state index contributed by atoms with van der Waals surface area (Å²) in [5.41, 5.74) is 0.548. The van der Waals surface area contributed by atoms with Crippen molar-refractivity contribution in [1.82, 2.24) is 0 Å². The number of carbonyl (C=O) groups is 2. The van der Waals surface area contributed by atoms with E-state index in [-0.39, 0.29) is 47.6 Å². The van der Waals surface area contributed by atoms with Crippen LogP contribution in [-0.4, -0.2) is 37.1 Å². The van der Waals surface area contributed by atoms with E-state index in [2.05, 4.69) is 10.6 Å². The lowest BCUT2D eigenvalue weighted by Gasteiger charge is -2.18. The second-order valence-corrected chi connectivity index (χ2v) is 7.12. The molecule has 0 atom stereocenters. The smallest absolute Gasteiger partial charge is 0.282 e. The minimum Gasteiger partial charge on any atom is -0.497 e. The third-order valence-electron chi connectivity index (χ3n) is 4.88. The minimum atomic E-state index is -0.685. The second kappa shape index (κ2) is 11.5. The third-order valence-corrected chi connectivity index (χ3v) is 4.88. The van der Waals surface area contributed by atoms with Crippen LogP contribution in [0.15, 0.2) is 60.7 Å². The summed E-state index contributed by atoms with van der Waals surface area (Å²) in [4.78, 5) is 36.4. The topological polar surface area (TPSA) is 129 Å². The highest BCUT2D eigenvalue weighted by Gasteiger charge is 2.22. The number of anilines is 2. The Morgan fingerprint density at radius 2 is 1.40 bits per heavy atom. The molecule has 10 heteroatoms. The maximum atomic E-state index is 12.9. The van der Waals surface area contributed by atoms with Gasteiger partial charge in [0.05, 0.1) is 36.6 Å². The van der Waals surface area contributed by atoms with Gasteiger partial charge in [0.1, 0.15) is 22.8 Å². The van der Waals surface area contributed by atoms with Crippen LogP contribution in [0.25, 0.3) is 0 Å². The van der Waals surface area contributed by atoms with Crippen molar-refractivity contribution in [3.8, 4) is 17.2 Å². The molecular weight excluding hydrogens is 454 g/mol. The van der Waals surface area contributed by atoms with Crippen LogP contribution in [0.5, 0.6) is 17.2 Å². The molecular formula is C25H25N3O7. The molecule has 3 aromatic rings. The number of ether oxygens (including phenoxy) is 3. The van der Waals surface area contributed by atoms with E-state index in [0.717, 1.165) is 0 Å². The van der Waals surface area contributed by atoms with Gasteiger partial charge in [0.25, 0.3) is 17.5 Å². The Balaban J connectivity index is 1.94. The number of para-hydroxylation sites is 1. The molecule has 0 saturated carbocycles. The summed E-state index contributed by atoms with van der Waals surface area (Å²) in [5, 5.41) is 16.8. The van der Waals surface area contributed by atoms with E-state index in [1.165, 1.54) is 43.5 Å². The Labute approximate surface area is 202 Å². The van der Waals surface area contributed by atoms with Crippen LogP contribution in [0.4, 0.5) is 17.1 Å². The first kappa shape index (κ1) is 25.0. The fraction of sp³-hybridized carbons (Fsp3) is 0.200. The number of nitro benzene ring substituents is 1. The number of nitrogens with zero attached hydrogens (tertiary/aromatic N) is 1. The molecule has 0 aromatic heterocycles. The van der Waals surface area contributed by atoms with Crippen molar-refractivity contribution in [2.45, 2.75) is 13.8 Å². The zero-order chi connectivity index (χ0) is 25.4. The van der Waals surface area contributed by atoms with Gasteiger partial charge >= 0.3 is 0 Å². The van der Waals surface area contributed by atoms with Crippen molar-refractivity contribution in [3.63, 3.8) is 0 Å². The number of amides is 2. The molecule has 35 heavy (non-hydrogen) atoms. The van der Waals surface area contributed by atoms with Crippen LogP contribution < -0.4 is 24.8 Å². The third kappa shape index (κ3) is 6.05. The van der Waals surface area contributed by atoms with Crippen LogP contribution in [0.3, 0.4) is 0 Å². The van der Waals surface area contributed by atoms with Crippen molar-refractivity contribution < 1.29 is 28.7 Å². The van der Waals surface area contributed by atoms with Crippen molar-refractivity contribution in [2.24, 2.45) is 0 Å². The minimum absolute atomic E-state index is 0.102. The maximum Gasteiger partial charge on any atom is 0.282 e. The number of hydrogen-bond donors (Lipinski definition) is 2. The van der Waals surface area contributed by atoms with Crippen molar-refractivity contribution in [2.75, 3.05) is 31.0 Å². The monoisotopic (exact) mass is 479 g/mol. The largest absolute Gasteiger partial charge is 0.497 e. The van der Waals surface area contributed by atoms with Crippen LogP contribution in [0.2, 0.25) is 0 Å². The Morgan fingerprint density at radius 3 is 1.91 bits per heavy atom. The van der Waals surface area contributed by atoms with E-state index in [1.54, 1.807) is 38.1 Å². The number of rotatable bonds is 10. The molecule has 0 unspecified atom stereocenters. The van der Waals surface area contributed by atoms with Gasteiger partial charge in [-0.05, 0) is 44.2 Å². The Morgan fingerprint density at radius 1 is 0.857 bits per heavy atom. The summed E-state index contributed by atoms with van der Waals surface area (Å²) in [6.45, 7) is 4.10. The maximum absolute atomic E-state index is 12.9. The fourth-order valence-corrected chi connectivity index (χ4v) is 3.26. The standard InChI is InChI=1S/C25H25N3O7/c1-4-34-22-15-20(27-25(30)18-8-6-7-9-21(18)28(31)32)23(35-5-2)14-19(22)26-24(29)16-10-12-17(33-3)13-11-16/h6-15H,4-5H2,1-3H3,(H,26,29)(H,27,30). The van der Waals surface area contributed by atoms with Gasteiger partial charge in [0.2, 0.25) is 0 Å². The Kier molecular flexibility index (Phi) is 8.23. The number of nitro groups is 1. The quantitative estimate of drug-likeness (QED) is 0.312. The van der Waals surface area contributed by atoms with Gasteiger partial charge in [-0.3, -0.25) is 19.7 Å². The van der Waals surface area contributed by atoms with Gasteiger partial charge in [-0.15, -0.1) is 0 Å². The SMILES string of the molecule is CCOc1cc(NC(=O)c2ccccc2[N+](=O)[O-])c(OCC)cc1NC(=O)c1ccc(OC)cc1. The first-order chi connectivity index (χ1) is 16.9. The number of methoxy groups -OCH3 is 1. The molecule has 0 saturated heterocycles. The van der Waals surface area contributed by atoms with Gasteiger partial charge in [0.15, 0.2) is 0 Å². The van der Waals surface area contributed by atoms with Gasteiger partial charge in [-0.1, -0.05) is 12.1 Å². The zero-order valence-electron chi connectivity index (χ0n) is 19.5. The molecule has 0 spiro atoms. The highest BCUT2D eigenvalue weighted by Crippen LogP contribution is 2.37. The lowest BCUT2D eigenvalue weighted by Crippen LogP contribution is -2.16. The summed E-state index contributed by atoms with van der Waals surface area (Å²) >= 11 is 0. The van der Waals surface area contributed by atoms with Gasteiger partial charge in [-0.2, -0.15) is 0 Å². The molecule has 0 aliphatic carbocycles. The number of carbonyl (C=O) groups excluding carboxylic acids is 2. The predicted octanol–water partition coefficient (Wildman–Crippen LogP) is 4.91. The van der Waals surface area contributed by atoms with E-state index < -0.39 is 10.8 Å². The van der Waals surface area contributed by atoms with Gasteiger partial charge in [0, 0.05) is 23.8 Å². The van der Waals surface area contributed by atoms with Crippen molar-refractivity contribution >= 4 is 28.9 Å². The van der Waals surface area contributed by atoms with Crippen LogP contribution >= 0.6 is 0 Å². The molecule has 0 aliphatic heterocycles. The molecule has 0 aliphatic rings. The van der Waals surface area contributed by atoms with Crippen molar-refractivity contribution in [1.29, 1.82) is 0 Å². The average Bonchev–Trinajstić information content (AvgIpc) is 2.86. The Bertz CT molecular complexity index is 1230. The fourth-order valence-electron chi connectivity index (χ4n) is 3.26. The molecule has 2 N–H and O–H groups in total. The average molecular weight is 479 g/mol. The van der Waals surface area contributed by atoms with Gasteiger partial charge < -0.3 is 24.8 Å². The van der Waals surface area contributed by atoms with E-state index in [0.29, 0.717) is 17.0 Å². The summed E-state index contributed by atoms with van der Waals surface area (Å²) in [6, 6.07) is 15.3. The number of benzene rings is 3. The van der Waals surface area contributed by atoms with Gasteiger partial charge in [-0.25, -0.2) is 0 Å². The highest BCUT2D eigenvalue weighted by atomic mass is 16.6. The Hall–Kier alpha value is -4.60. The summed E-state index contributed by atoms with van der Waals surface area (Å²) in [7, 11) is 1.54. The molecule has 0 radical (unpaired) electrons. The second-order valence-electron chi connectivity index (χ2n) is 7.12. The first-order valence-electron chi connectivity index (χ1n) is 10.8. The first-order valence-corrected chi connectivity index (χ1v) is 10.8. The lowest BCUT2D eigenvalue weighted by molar-refractivity contribution is -0.385. The molecule has 182 valence electrons. The molecule has 3 aromatic carbocycles. The van der Waals surface area contributed by atoms with E-state index in [4.69, 9.17) is 14.2 Å². The molecule has 0 bridgehead atoms. The number of hydrogen-bond acceptors (Lipinski definition) is 7. The highest BCUT2D eigenvalue weighted by molar-refractivity contribution is 6.09. The van der Waals surface area contributed by atoms with Crippen LogP contribution in [0, 0.1) is 10.1 Å². The van der Waals surface area contributed by atoms with Crippen molar-refractivity contribution in [3.05, 3.63) is 81.9 Å². The number of nitrogens with one attached hydrogen (secondary N) is 2. The van der Waals surface area contributed by atoms with E-state index in [1.807, 2.05) is 0 Å². The molecule has 10 nitrogen and oxygen atoms in total. The molecule has 2 amide bonds. The molecule has 3 rings (SSSR count). The molecule has 0 fully saturated rings. The summed E-state index contributed by atoms with van der Waals surface area (Å²) < 4.78 is 16.5. The molecule has 0 heterocycles. The normalized spacial score (nSPS) is 10.3. The van der Waals surface area contributed by atoms with E-state index in [9.17, 15) is 19.7 Å². The zero-order valence-corrected chi connectivity index (χ0v) is 19.5. The van der Waals surface area contributed by atoms with Crippen LogP contribution in [0.1, 0.15) is 34.6 Å². The summed E-state index contributed by atoms with van der Waals surface area (Å²) in [6.07, 6.45) is 0. The van der Waals surface area contributed by atoms with E-state index >= 15 is 0 Å². The lowest BCUT2D eigenvalue weighted by atomic mass is 10.1. The van der Waals surface area contributed by atoms with Crippen LogP contribution in [-0.2, 0) is 0 Å².